The highest BCUT2D eigenvalue weighted by molar-refractivity contribution is 4.82. The molecule has 0 atom stereocenters. The standard InChI is InChI=1S/C28H54O11/c1-3-5-6-8-30-10-12-32-14-16-34-18-20-36-22-24-38-26-28-39-27-25-37-23-21-35-19-17-33-15-13-31-11-9-29-7-4-2/h2H,3,5-28H2,1H3. The molecule has 0 saturated heterocycles. The molecule has 39 heavy (non-hydrogen) atoms. The van der Waals surface area contributed by atoms with E-state index in [0.717, 1.165) is 13.0 Å². The van der Waals surface area contributed by atoms with E-state index in [2.05, 4.69) is 12.8 Å². The summed E-state index contributed by atoms with van der Waals surface area (Å²) >= 11 is 0. The van der Waals surface area contributed by atoms with E-state index in [1.54, 1.807) is 0 Å². The fourth-order valence-electron chi connectivity index (χ4n) is 2.78. The van der Waals surface area contributed by atoms with Crippen molar-refractivity contribution < 1.29 is 52.1 Å². The molecule has 0 aromatic carbocycles. The maximum Gasteiger partial charge on any atom is 0.107 e. The molecule has 11 heteroatoms. The van der Waals surface area contributed by atoms with Crippen molar-refractivity contribution in [3.8, 4) is 12.3 Å². The van der Waals surface area contributed by atoms with Gasteiger partial charge in [0.25, 0.3) is 0 Å². The third-order valence-electron chi connectivity index (χ3n) is 4.80. The number of rotatable bonds is 35. The topological polar surface area (TPSA) is 102 Å². The Bertz CT molecular complexity index is 477. The summed E-state index contributed by atoms with van der Waals surface area (Å²) in [6.45, 7) is 14.0. The van der Waals surface area contributed by atoms with Crippen LogP contribution in [0.1, 0.15) is 26.2 Å². The van der Waals surface area contributed by atoms with Crippen LogP contribution in [-0.4, -0.2) is 145 Å². The molecule has 0 aromatic heterocycles. The second-order valence-electron chi connectivity index (χ2n) is 8.09. The van der Waals surface area contributed by atoms with Crippen LogP contribution in [0, 0.1) is 12.3 Å². The van der Waals surface area contributed by atoms with Crippen LogP contribution in [0.15, 0.2) is 0 Å². The van der Waals surface area contributed by atoms with E-state index in [1.165, 1.54) is 12.8 Å². The maximum atomic E-state index is 5.47. The van der Waals surface area contributed by atoms with Crippen LogP contribution in [-0.2, 0) is 52.1 Å². The average molecular weight is 567 g/mol. The van der Waals surface area contributed by atoms with Crippen LogP contribution in [0.3, 0.4) is 0 Å². The van der Waals surface area contributed by atoms with Gasteiger partial charge < -0.3 is 52.1 Å². The summed E-state index contributed by atoms with van der Waals surface area (Å²) in [5, 5.41) is 0. The number of ether oxygens (including phenoxy) is 11. The van der Waals surface area contributed by atoms with E-state index >= 15 is 0 Å². The van der Waals surface area contributed by atoms with Crippen molar-refractivity contribution in [2.24, 2.45) is 0 Å². The summed E-state index contributed by atoms with van der Waals surface area (Å²) in [4.78, 5) is 0. The fourth-order valence-corrected chi connectivity index (χ4v) is 2.78. The van der Waals surface area contributed by atoms with Gasteiger partial charge in [-0.2, -0.15) is 0 Å². The average Bonchev–Trinajstić information content (AvgIpc) is 2.95. The Hall–Kier alpha value is -0.880. The third-order valence-corrected chi connectivity index (χ3v) is 4.80. The lowest BCUT2D eigenvalue weighted by molar-refractivity contribution is -0.0272. The molecule has 0 amide bonds. The van der Waals surface area contributed by atoms with Gasteiger partial charge in [-0.05, 0) is 6.42 Å². The molecule has 232 valence electrons. The summed E-state index contributed by atoms with van der Waals surface area (Å²) in [6.07, 6.45) is 8.62. The minimum atomic E-state index is 0.311. The van der Waals surface area contributed by atoms with E-state index in [4.69, 9.17) is 58.5 Å². The fraction of sp³-hybridized carbons (Fsp3) is 0.929. The van der Waals surface area contributed by atoms with Gasteiger partial charge in [0.1, 0.15) is 6.61 Å². The lowest BCUT2D eigenvalue weighted by atomic mass is 10.3. The lowest BCUT2D eigenvalue weighted by Crippen LogP contribution is -2.15. The van der Waals surface area contributed by atoms with Crippen LogP contribution in [0.5, 0.6) is 0 Å². The highest BCUT2D eigenvalue weighted by atomic mass is 16.6. The van der Waals surface area contributed by atoms with Gasteiger partial charge >= 0.3 is 0 Å². The van der Waals surface area contributed by atoms with Crippen LogP contribution in [0.2, 0.25) is 0 Å². The van der Waals surface area contributed by atoms with Crippen molar-refractivity contribution in [1.82, 2.24) is 0 Å². The molecule has 0 unspecified atom stereocenters. The van der Waals surface area contributed by atoms with Crippen molar-refractivity contribution in [3.63, 3.8) is 0 Å². The Morgan fingerprint density at radius 1 is 0.333 bits per heavy atom. The first-order valence-electron chi connectivity index (χ1n) is 14.2. The normalized spacial score (nSPS) is 11.3. The first-order valence-corrected chi connectivity index (χ1v) is 14.2. The Morgan fingerprint density at radius 3 is 0.795 bits per heavy atom. The highest BCUT2D eigenvalue weighted by Gasteiger charge is 1.96. The van der Waals surface area contributed by atoms with Gasteiger partial charge in [-0.25, -0.2) is 0 Å². The van der Waals surface area contributed by atoms with E-state index in [-0.39, 0.29) is 0 Å². The largest absolute Gasteiger partial charge is 0.379 e. The molecule has 0 fully saturated rings. The number of hydrogen-bond acceptors (Lipinski definition) is 11. The SMILES string of the molecule is C#CCOCCOCCOCCOCCOCCOCCOCCOCCOCCOCCOCCCCC. The van der Waals surface area contributed by atoms with Gasteiger partial charge in [-0.3, -0.25) is 0 Å². The summed E-state index contributed by atoms with van der Waals surface area (Å²) < 4.78 is 59.5. The Labute approximate surface area is 236 Å². The van der Waals surface area contributed by atoms with Crippen molar-refractivity contribution in [3.05, 3.63) is 0 Å². The monoisotopic (exact) mass is 566 g/mol. The molecular formula is C28H54O11. The van der Waals surface area contributed by atoms with Gasteiger partial charge in [0.15, 0.2) is 0 Å². The smallest absolute Gasteiger partial charge is 0.107 e. The van der Waals surface area contributed by atoms with Gasteiger partial charge in [0.05, 0.1) is 132 Å². The molecule has 0 aromatic rings. The van der Waals surface area contributed by atoms with E-state index in [9.17, 15) is 0 Å². The number of unbranched alkanes of at least 4 members (excludes halogenated alkanes) is 2. The van der Waals surface area contributed by atoms with Crippen LogP contribution in [0.25, 0.3) is 0 Å². The summed E-state index contributed by atoms with van der Waals surface area (Å²) in [5.74, 6) is 2.40. The predicted molar refractivity (Wildman–Crippen MR) is 147 cm³/mol. The molecule has 0 rings (SSSR count). The molecule has 0 aliphatic rings. The van der Waals surface area contributed by atoms with Crippen LogP contribution < -0.4 is 0 Å². The second kappa shape index (κ2) is 37.1. The van der Waals surface area contributed by atoms with Gasteiger partial charge in [0.2, 0.25) is 0 Å². The molecule has 11 nitrogen and oxygen atoms in total. The molecule has 0 bridgehead atoms. The van der Waals surface area contributed by atoms with Gasteiger partial charge in [-0.15, -0.1) is 6.42 Å². The minimum absolute atomic E-state index is 0.311. The summed E-state index contributed by atoms with van der Waals surface area (Å²) in [7, 11) is 0. The highest BCUT2D eigenvalue weighted by Crippen LogP contribution is 1.94. The van der Waals surface area contributed by atoms with Crippen molar-refractivity contribution in [2.45, 2.75) is 26.2 Å². The first-order chi connectivity index (χ1) is 19.4. The number of hydrogen-bond donors (Lipinski definition) is 0. The number of terminal acetylenes is 1. The second-order valence-corrected chi connectivity index (χ2v) is 8.09. The minimum Gasteiger partial charge on any atom is -0.379 e. The lowest BCUT2D eigenvalue weighted by Gasteiger charge is -2.09. The van der Waals surface area contributed by atoms with Crippen molar-refractivity contribution >= 4 is 0 Å². The van der Waals surface area contributed by atoms with Crippen LogP contribution in [0.4, 0.5) is 0 Å². The van der Waals surface area contributed by atoms with E-state index < -0.39 is 0 Å². The molecule has 0 aliphatic carbocycles. The van der Waals surface area contributed by atoms with E-state index in [0.29, 0.717) is 139 Å². The molecule has 0 saturated carbocycles. The maximum absolute atomic E-state index is 5.47. The molecule has 0 N–H and O–H groups in total. The Balaban J connectivity index is 3.02. The zero-order valence-corrected chi connectivity index (χ0v) is 24.2. The van der Waals surface area contributed by atoms with Gasteiger partial charge in [-0.1, -0.05) is 25.7 Å². The van der Waals surface area contributed by atoms with Crippen LogP contribution >= 0.6 is 0 Å². The summed E-state index contributed by atoms with van der Waals surface area (Å²) in [6, 6.07) is 0. The molecule has 0 spiro atoms. The Morgan fingerprint density at radius 2 is 0.564 bits per heavy atom. The van der Waals surface area contributed by atoms with Crippen molar-refractivity contribution in [2.75, 3.05) is 145 Å². The third kappa shape index (κ3) is 37.1. The summed E-state index contributed by atoms with van der Waals surface area (Å²) in [5.41, 5.74) is 0. The zero-order valence-electron chi connectivity index (χ0n) is 24.2. The Kier molecular flexibility index (Phi) is 36.3. The molecular weight excluding hydrogens is 512 g/mol. The van der Waals surface area contributed by atoms with Gasteiger partial charge in [0, 0.05) is 6.61 Å². The molecule has 0 heterocycles. The first kappa shape index (κ1) is 38.1. The molecule has 0 radical (unpaired) electrons. The zero-order chi connectivity index (χ0) is 28.2. The molecule has 0 aliphatic heterocycles. The predicted octanol–water partition coefficient (Wildman–Crippen LogP) is 1.99. The van der Waals surface area contributed by atoms with Crippen molar-refractivity contribution in [1.29, 1.82) is 0 Å². The van der Waals surface area contributed by atoms with E-state index in [1.807, 2.05) is 0 Å². The quantitative estimate of drug-likeness (QED) is 0.0832.